The number of aryl methyl sites for hydroxylation is 1. The number of rotatable bonds is 4. The number of benzene rings is 2. The van der Waals surface area contributed by atoms with Gasteiger partial charge in [-0.3, -0.25) is 0 Å². The summed E-state index contributed by atoms with van der Waals surface area (Å²) in [5, 5.41) is 3.46. The highest BCUT2D eigenvalue weighted by Crippen LogP contribution is 2.30. The molecule has 0 aliphatic heterocycles. The average molecular weight is 322 g/mol. The van der Waals surface area contributed by atoms with E-state index in [2.05, 4.69) is 47.2 Å². The van der Waals surface area contributed by atoms with Gasteiger partial charge >= 0.3 is 0 Å². The third-order valence-electron chi connectivity index (χ3n) is 3.18. The van der Waals surface area contributed by atoms with Crippen molar-refractivity contribution in [3.63, 3.8) is 0 Å². The van der Waals surface area contributed by atoms with Gasteiger partial charge in [0.2, 0.25) is 0 Å². The maximum absolute atomic E-state index is 13.2. The van der Waals surface area contributed by atoms with E-state index in [1.807, 2.05) is 18.2 Å². The first-order valence-electron chi connectivity index (χ1n) is 6.37. The zero-order valence-corrected chi connectivity index (χ0v) is 12.7. The molecule has 2 rings (SSSR count). The van der Waals surface area contributed by atoms with Gasteiger partial charge in [-0.2, -0.15) is 0 Å². The first-order valence-corrected chi connectivity index (χ1v) is 7.16. The van der Waals surface area contributed by atoms with Crippen LogP contribution in [-0.2, 0) is 0 Å². The summed E-state index contributed by atoms with van der Waals surface area (Å²) in [5.41, 5.74) is 3.50. The Bertz CT molecular complexity index is 568. The van der Waals surface area contributed by atoms with Crippen molar-refractivity contribution in [1.82, 2.24) is 5.32 Å². The van der Waals surface area contributed by atoms with Crippen LogP contribution in [0.25, 0.3) is 0 Å². The average Bonchev–Trinajstić information content (AvgIpc) is 2.38. The normalized spacial score (nSPS) is 12.4. The molecular weight excluding hydrogens is 305 g/mol. The Kier molecular flexibility index (Phi) is 4.72. The Hall–Kier alpha value is -1.19. The summed E-state index contributed by atoms with van der Waals surface area (Å²) < 4.78 is 14.0. The maximum atomic E-state index is 13.2. The second kappa shape index (κ2) is 6.31. The van der Waals surface area contributed by atoms with E-state index in [-0.39, 0.29) is 11.9 Å². The van der Waals surface area contributed by atoms with Crippen LogP contribution >= 0.6 is 15.9 Å². The van der Waals surface area contributed by atoms with Crippen molar-refractivity contribution in [2.24, 2.45) is 0 Å². The molecule has 19 heavy (non-hydrogen) atoms. The van der Waals surface area contributed by atoms with Crippen LogP contribution in [0.4, 0.5) is 4.39 Å². The molecule has 0 saturated carbocycles. The third-order valence-corrected chi connectivity index (χ3v) is 3.87. The lowest BCUT2D eigenvalue weighted by atomic mass is 9.95. The summed E-state index contributed by atoms with van der Waals surface area (Å²) >= 11 is 3.46. The zero-order valence-electron chi connectivity index (χ0n) is 11.1. The van der Waals surface area contributed by atoms with Crippen LogP contribution in [0.5, 0.6) is 0 Å². The van der Waals surface area contributed by atoms with E-state index in [9.17, 15) is 4.39 Å². The molecule has 1 N–H and O–H groups in total. The fourth-order valence-electron chi connectivity index (χ4n) is 2.24. The summed E-state index contributed by atoms with van der Waals surface area (Å²) in [6.45, 7) is 5.02. The smallest absolute Gasteiger partial charge is 0.124 e. The van der Waals surface area contributed by atoms with E-state index in [1.165, 1.54) is 23.3 Å². The highest BCUT2D eigenvalue weighted by molar-refractivity contribution is 9.10. The van der Waals surface area contributed by atoms with Crippen LogP contribution in [0.3, 0.4) is 0 Å². The van der Waals surface area contributed by atoms with Crippen molar-refractivity contribution in [2.75, 3.05) is 6.54 Å². The topological polar surface area (TPSA) is 12.0 Å². The minimum atomic E-state index is -0.226. The fourth-order valence-corrected chi connectivity index (χ4v) is 2.82. The monoisotopic (exact) mass is 321 g/mol. The molecule has 100 valence electrons. The van der Waals surface area contributed by atoms with Crippen LogP contribution in [-0.4, -0.2) is 6.54 Å². The van der Waals surface area contributed by atoms with E-state index >= 15 is 0 Å². The maximum Gasteiger partial charge on any atom is 0.124 e. The number of hydrogen-bond donors (Lipinski definition) is 1. The SMILES string of the molecule is CCNC(c1ccccc1C)c1ccc(F)cc1Br. The first-order chi connectivity index (χ1) is 9.13. The molecule has 2 aromatic carbocycles. The Morgan fingerprint density at radius 3 is 2.53 bits per heavy atom. The third kappa shape index (κ3) is 3.23. The number of nitrogens with one attached hydrogen (secondary N) is 1. The number of halogens is 2. The second-order valence-electron chi connectivity index (χ2n) is 4.51. The summed E-state index contributed by atoms with van der Waals surface area (Å²) in [7, 11) is 0. The van der Waals surface area contributed by atoms with Gasteiger partial charge in [0.15, 0.2) is 0 Å². The highest BCUT2D eigenvalue weighted by Gasteiger charge is 2.17. The van der Waals surface area contributed by atoms with Crippen molar-refractivity contribution >= 4 is 15.9 Å². The molecule has 0 saturated heterocycles. The number of hydrogen-bond acceptors (Lipinski definition) is 1. The molecule has 0 aromatic heterocycles. The lowest BCUT2D eigenvalue weighted by Crippen LogP contribution is -2.23. The lowest BCUT2D eigenvalue weighted by molar-refractivity contribution is 0.609. The van der Waals surface area contributed by atoms with Gasteiger partial charge in [0.05, 0.1) is 6.04 Å². The molecule has 0 radical (unpaired) electrons. The van der Waals surface area contributed by atoms with E-state index < -0.39 is 0 Å². The summed E-state index contributed by atoms with van der Waals surface area (Å²) in [6, 6.07) is 13.2. The van der Waals surface area contributed by atoms with Gasteiger partial charge in [0.1, 0.15) is 5.82 Å². The molecule has 1 atom stereocenters. The zero-order chi connectivity index (χ0) is 13.8. The molecule has 1 unspecified atom stereocenters. The van der Waals surface area contributed by atoms with Gasteiger partial charge in [-0.15, -0.1) is 0 Å². The molecule has 0 amide bonds. The van der Waals surface area contributed by atoms with Crippen molar-refractivity contribution in [2.45, 2.75) is 19.9 Å². The molecular formula is C16H17BrFN. The summed E-state index contributed by atoms with van der Waals surface area (Å²) in [6.07, 6.45) is 0. The van der Waals surface area contributed by atoms with Gasteiger partial charge in [0.25, 0.3) is 0 Å². The molecule has 0 aliphatic rings. The second-order valence-corrected chi connectivity index (χ2v) is 5.37. The molecule has 0 fully saturated rings. The van der Waals surface area contributed by atoms with Crippen molar-refractivity contribution < 1.29 is 4.39 Å². The largest absolute Gasteiger partial charge is 0.306 e. The molecule has 2 aromatic rings. The molecule has 0 heterocycles. The standard InChI is InChI=1S/C16H17BrFN/c1-3-19-16(13-7-5-4-6-11(13)2)14-9-8-12(18)10-15(14)17/h4-10,16,19H,3H2,1-2H3. The quantitative estimate of drug-likeness (QED) is 0.868. The Morgan fingerprint density at radius 2 is 1.89 bits per heavy atom. The predicted octanol–water partition coefficient (Wildman–Crippen LogP) is 4.60. The van der Waals surface area contributed by atoms with Crippen molar-refractivity contribution in [3.05, 3.63) is 69.4 Å². The van der Waals surface area contributed by atoms with E-state index in [1.54, 1.807) is 0 Å². The van der Waals surface area contributed by atoms with Crippen LogP contribution in [0.1, 0.15) is 29.7 Å². The lowest BCUT2D eigenvalue weighted by Gasteiger charge is -2.22. The first kappa shape index (κ1) is 14.2. The van der Waals surface area contributed by atoms with Gasteiger partial charge in [-0.25, -0.2) is 4.39 Å². The van der Waals surface area contributed by atoms with Crippen LogP contribution in [0, 0.1) is 12.7 Å². The summed E-state index contributed by atoms with van der Waals surface area (Å²) in [4.78, 5) is 0. The summed E-state index contributed by atoms with van der Waals surface area (Å²) in [5.74, 6) is -0.226. The molecule has 1 nitrogen and oxygen atoms in total. The predicted molar refractivity (Wildman–Crippen MR) is 80.8 cm³/mol. The van der Waals surface area contributed by atoms with E-state index in [0.29, 0.717) is 0 Å². The van der Waals surface area contributed by atoms with Crippen molar-refractivity contribution in [3.8, 4) is 0 Å². The Balaban J connectivity index is 2.48. The van der Waals surface area contributed by atoms with Gasteiger partial charge in [0, 0.05) is 4.47 Å². The highest BCUT2D eigenvalue weighted by atomic mass is 79.9. The van der Waals surface area contributed by atoms with E-state index in [4.69, 9.17) is 0 Å². The Morgan fingerprint density at radius 1 is 1.16 bits per heavy atom. The molecule has 0 bridgehead atoms. The van der Waals surface area contributed by atoms with Crippen LogP contribution in [0.15, 0.2) is 46.9 Å². The van der Waals surface area contributed by atoms with E-state index in [0.717, 1.165) is 16.6 Å². The van der Waals surface area contributed by atoms with Gasteiger partial charge in [-0.05, 0) is 42.3 Å². The molecule has 0 spiro atoms. The Labute approximate surface area is 122 Å². The van der Waals surface area contributed by atoms with Crippen molar-refractivity contribution in [1.29, 1.82) is 0 Å². The molecule has 3 heteroatoms. The minimum Gasteiger partial charge on any atom is -0.306 e. The molecule has 0 aliphatic carbocycles. The van der Waals surface area contributed by atoms with Crippen LogP contribution < -0.4 is 5.32 Å². The van der Waals surface area contributed by atoms with Gasteiger partial charge < -0.3 is 5.32 Å². The van der Waals surface area contributed by atoms with Gasteiger partial charge in [-0.1, -0.05) is 53.2 Å². The fraction of sp³-hybridized carbons (Fsp3) is 0.250. The van der Waals surface area contributed by atoms with Crippen LogP contribution in [0.2, 0.25) is 0 Å². The minimum absolute atomic E-state index is 0.0705.